The normalized spacial score (nSPS) is 13.8. The van der Waals surface area contributed by atoms with Gasteiger partial charge in [0, 0.05) is 5.56 Å². The van der Waals surface area contributed by atoms with E-state index < -0.39 is 15.9 Å². The van der Waals surface area contributed by atoms with E-state index in [2.05, 4.69) is 27.7 Å². The number of hydrogen-bond donors (Lipinski definition) is 1. The van der Waals surface area contributed by atoms with Gasteiger partial charge in [-0.1, -0.05) is 39.8 Å². The highest BCUT2D eigenvalue weighted by atomic mass is 32.2. The summed E-state index contributed by atoms with van der Waals surface area (Å²) in [6.07, 6.45) is 0. The lowest BCUT2D eigenvalue weighted by Crippen LogP contribution is -2.31. The van der Waals surface area contributed by atoms with Crippen molar-refractivity contribution in [3.63, 3.8) is 0 Å². The Balaban J connectivity index is 2.90. The molecule has 0 aliphatic rings. The van der Waals surface area contributed by atoms with E-state index in [1.165, 1.54) is 6.92 Å². The van der Waals surface area contributed by atoms with Gasteiger partial charge in [0.1, 0.15) is 0 Å². The summed E-state index contributed by atoms with van der Waals surface area (Å²) in [7, 11) is -3.52. The second kappa shape index (κ2) is 5.95. The first-order valence-corrected chi connectivity index (χ1v) is 8.37. The van der Waals surface area contributed by atoms with Gasteiger partial charge in [0.15, 0.2) is 0 Å². The fourth-order valence-corrected chi connectivity index (χ4v) is 2.24. The molecule has 0 radical (unpaired) electrons. The molecule has 1 rings (SSSR count). The predicted octanol–water partition coefficient (Wildman–Crippen LogP) is 2.92. The SMILES string of the molecule is CCS(=O)(=O)NC(=O)c1ccc(C(C)C(C)(C)C)cc1. The summed E-state index contributed by atoms with van der Waals surface area (Å²) in [5.74, 6) is -0.349. The number of carbonyl (C=O) groups excluding carboxylic acids is 1. The molecular weight excluding hydrogens is 274 g/mol. The highest BCUT2D eigenvalue weighted by Gasteiger charge is 2.22. The van der Waals surface area contributed by atoms with Crippen molar-refractivity contribution in [1.29, 1.82) is 0 Å². The largest absolute Gasteiger partial charge is 0.268 e. The van der Waals surface area contributed by atoms with Gasteiger partial charge in [0.05, 0.1) is 5.75 Å². The van der Waals surface area contributed by atoms with Crippen molar-refractivity contribution in [3.8, 4) is 0 Å². The molecule has 0 fully saturated rings. The molecule has 1 aromatic carbocycles. The minimum Gasteiger partial charge on any atom is -0.268 e. The van der Waals surface area contributed by atoms with E-state index in [0.717, 1.165) is 5.56 Å². The Morgan fingerprint density at radius 1 is 1.20 bits per heavy atom. The molecule has 20 heavy (non-hydrogen) atoms. The maximum atomic E-state index is 11.8. The van der Waals surface area contributed by atoms with Crippen molar-refractivity contribution in [1.82, 2.24) is 4.72 Å². The van der Waals surface area contributed by atoms with Gasteiger partial charge in [-0.2, -0.15) is 0 Å². The van der Waals surface area contributed by atoms with Crippen molar-refractivity contribution in [2.45, 2.75) is 40.5 Å². The Kier molecular flexibility index (Phi) is 4.97. The Morgan fingerprint density at radius 3 is 2.10 bits per heavy atom. The first-order chi connectivity index (χ1) is 9.07. The fraction of sp³-hybridized carbons (Fsp3) is 0.533. The van der Waals surface area contributed by atoms with Crippen molar-refractivity contribution >= 4 is 15.9 Å². The van der Waals surface area contributed by atoms with Gasteiger partial charge in [-0.15, -0.1) is 0 Å². The molecule has 0 aliphatic carbocycles. The van der Waals surface area contributed by atoms with Crippen LogP contribution in [0.4, 0.5) is 0 Å². The molecule has 0 aromatic heterocycles. The fourth-order valence-electron chi connectivity index (χ4n) is 1.70. The Morgan fingerprint density at radius 2 is 1.70 bits per heavy atom. The third-order valence-electron chi connectivity index (χ3n) is 3.60. The minimum atomic E-state index is -3.52. The van der Waals surface area contributed by atoms with Crippen LogP contribution in [0.3, 0.4) is 0 Å². The average molecular weight is 297 g/mol. The monoisotopic (exact) mass is 297 g/mol. The van der Waals surface area contributed by atoms with Crippen molar-refractivity contribution < 1.29 is 13.2 Å². The van der Waals surface area contributed by atoms with Crippen LogP contribution in [0.15, 0.2) is 24.3 Å². The molecule has 1 amide bonds. The zero-order valence-electron chi connectivity index (χ0n) is 12.7. The topological polar surface area (TPSA) is 63.2 Å². The lowest BCUT2D eigenvalue weighted by molar-refractivity contribution is 0.0981. The number of benzene rings is 1. The van der Waals surface area contributed by atoms with Crippen molar-refractivity contribution in [2.24, 2.45) is 5.41 Å². The van der Waals surface area contributed by atoms with Gasteiger partial charge >= 0.3 is 0 Å². The van der Waals surface area contributed by atoms with Gasteiger partial charge < -0.3 is 0 Å². The van der Waals surface area contributed by atoms with Crippen molar-refractivity contribution in [2.75, 3.05) is 5.75 Å². The highest BCUT2D eigenvalue weighted by Crippen LogP contribution is 2.34. The zero-order valence-corrected chi connectivity index (χ0v) is 13.5. The standard InChI is InChI=1S/C15H23NO3S/c1-6-20(18,19)16-14(17)13-9-7-12(8-10-13)11(2)15(3,4)5/h7-11H,6H2,1-5H3,(H,16,17). The molecule has 1 aromatic rings. The van der Waals surface area contributed by atoms with E-state index in [1.54, 1.807) is 12.1 Å². The lowest BCUT2D eigenvalue weighted by atomic mass is 9.78. The van der Waals surface area contributed by atoms with E-state index in [9.17, 15) is 13.2 Å². The van der Waals surface area contributed by atoms with Crippen LogP contribution in [0.1, 0.15) is 56.5 Å². The van der Waals surface area contributed by atoms with Crippen LogP contribution in [0, 0.1) is 5.41 Å². The third kappa shape index (κ3) is 4.34. The Hall–Kier alpha value is -1.36. The van der Waals surface area contributed by atoms with Gasteiger partial charge in [-0.25, -0.2) is 13.1 Å². The smallest absolute Gasteiger partial charge is 0.264 e. The third-order valence-corrected chi connectivity index (χ3v) is 4.86. The highest BCUT2D eigenvalue weighted by molar-refractivity contribution is 7.90. The summed E-state index contributed by atoms with van der Waals surface area (Å²) >= 11 is 0. The minimum absolute atomic E-state index is 0.113. The summed E-state index contributed by atoms with van der Waals surface area (Å²) in [6.45, 7) is 10.1. The molecular formula is C15H23NO3S. The Labute approximate surface area is 121 Å². The molecule has 4 nitrogen and oxygen atoms in total. The molecule has 0 bridgehead atoms. The van der Waals surface area contributed by atoms with Crippen LogP contribution in [0.5, 0.6) is 0 Å². The van der Waals surface area contributed by atoms with Crippen LogP contribution < -0.4 is 4.72 Å². The van der Waals surface area contributed by atoms with Crippen molar-refractivity contribution in [3.05, 3.63) is 35.4 Å². The quantitative estimate of drug-likeness (QED) is 0.929. The van der Waals surface area contributed by atoms with E-state index in [1.807, 2.05) is 16.9 Å². The summed E-state index contributed by atoms with van der Waals surface area (Å²) in [4.78, 5) is 11.8. The second-order valence-corrected chi connectivity index (χ2v) is 8.06. The molecule has 0 aliphatic heterocycles. The summed E-state index contributed by atoms with van der Waals surface area (Å²) in [6, 6.07) is 7.09. The molecule has 0 spiro atoms. The lowest BCUT2D eigenvalue weighted by Gasteiger charge is -2.27. The summed E-state index contributed by atoms with van der Waals surface area (Å²) in [5.41, 5.74) is 1.62. The van der Waals surface area contributed by atoms with Gasteiger partial charge in [-0.3, -0.25) is 4.79 Å². The van der Waals surface area contributed by atoms with E-state index in [4.69, 9.17) is 0 Å². The number of carbonyl (C=O) groups is 1. The maximum absolute atomic E-state index is 11.8. The van der Waals surface area contributed by atoms with Crippen LogP contribution >= 0.6 is 0 Å². The Bertz CT molecular complexity index is 568. The summed E-state index contributed by atoms with van der Waals surface area (Å²) in [5, 5.41) is 0. The number of nitrogens with one attached hydrogen (secondary N) is 1. The molecule has 0 saturated carbocycles. The molecule has 1 atom stereocenters. The number of sulfonamides is 1. The zero-order chi connectivity index (χ0) is 15.6. The van der Waals surface area contributed by atoms with E-state index >= 15 is 0 Å². The molecule has 1 N–H and O–H groups in total. The number of rotatable bonds is 4. The predicted molar refractivity (Wildman–Crippen MR) is 81.2 cm³/mol. The first kappa shape index (κ1) is 16.7. The van der Waals surface area contributed by atoms with Crippen LogP contribution in [-0.2, 0) is 10.0 Å². The average Bonchev–Trinajstić information content (AvgIpc) is 2.36. The molecule has 112 valence electrons. The maximum Gasteiger partial charge on any atom is 0.264 e. The number of amides is 1. The first-order valence-electron chi connectivity index (χ1n) is 6.71. The van der Waals surface area contributed by atoms with Gasteiger partial charge in [0.2, 0.25) is 10.0 Å². The summed E-state index contributed by atoms with van der Waals surface area (Å²) < 4.78 is 24.7. The van der Waals surface area contributed by atoms with Gasteiger partial charge in [-0.05, 0) is 36.0 Å². The van der Waals surface area contributed by atoms with Gasteiger partial charge in [0.25, 0.3) is 5.91 Å². The molecule has 0 heterocycles. The van der Waals surface area contributed by atoms with E-state index in [0.29, 0.717) is 11.5 Å². The second-order valence-electron chi connectivity index (χ2n) is 6.04. The molecule has 1 unspecified atom stereocenters. The molecule has 5 heteroatoms. The van der Waals surface area contributed by atoms with E-state index in [-0.39, 0.29) is 11.2 Å². The van der Waals surface area contributed by atoms with Crippen LogP contribution in [0.25, 0.3) is 0 Å². The number of hydrogen-bond acceptors (Lipinski definition) is 3. The molecule has 0 saturated heterocycles. The van der Waals surface area contributed by atoms with Crippen LogP contribution in [-0.4, -0.2) is 20.1 Å². The van der Waals surface area contributed by atoms with Crippen LogP contribution in [0.2, 0.25) is 0 Å².